The van der Waals surface area contributed by atoms with Crippen LogP contribution in [0, 0.1) is 0 Å². The van der Waals surface area contributed by atoms with Gasteiger partial charge in [0.25, 0.3) is 5.91 Å². The summed E-state index contributed by atoms with van der Waals surface area (Å²) in [4.78, 5) is 17.1. The largest absolute Gasteiger partial charge is 0.395 e. The molecule has 24 heavy (non-hydrogen) atoms. The Labute approximate surface area is 143 Å². The van der Waals surface area contributed by atoms with Crippen molar-refractivity contribution in [3.8, 4) is 0 Å². The SMILES string of the molecule is C[C@@H]1Cc2c(C(=O)N3CCN(CCO)C(C)(C)C3)n[nH]c2[C@H](C)O1. The van der Waals surface area contributed by atoms with Gasteiger partial charge in [-0.1, -0.05) is 0 Å². The molecule has 1 aromatic rings. The molecule has 1 aromatic heterocycles. The number of aromatic nitrogens is 2. The highest BCUT2D eigenvalue weighted by Crippen LogP contribution is 2.31. The second-order valence-electron chi connectivity index (χ2n) is 7.51. The number of carbonyl (C=O) groups is 1. The summed E-state index contributed by atoms with van der Waals surface area (Å²) in [6.45, 7) is 11.1. The predicted molar refractivity (Wildman–Crippen MR) is 89.9 cm³/mol. The number of amides is 1. The number of ether oxygens (including phenoxy) is 1. The lowest BCUT2D eigenvalue weighted by Crippen LogP contribution is -2.61. The molecule has 1 amide bonds. The third-order valence-corrected chi connectivity index (χ3v) is 5.17. The number of H-pyrrole nitrogens is 1. The highest BCUT2D eigenvalue weighted by Gasteiger charge is 2.38. The number of hydrogen-bond donors (Lipinski definition) is 2. The maximum atomic E-state index is 13.0. The van der Waals surface area contributed by atoms with Crippen LogP contribution in [0.15, 0.2) is 0 Å². The second-order valence-corrected chi connectivity index (χ2v) is 7.51. The number of β-amino-alcohol motifs (C(OH)–C–C–N with tert-alkyl or cyclic N) is 1. The number of aliphatic hydroxyl groups excluding tert-OH is 1. The van der Waals surface area contributed by atoms with Crippen molar-refractivity contribution in [3.63, 3.8) is 0 Å². The fraction of sp³-hybridized carbons (Fsp3) is 0.765. The number of nitrogens with zero attached hydrogens (tertiary/aromatic N) is 3. The molecule has 2 aliphatic rings. The van der Waals surface area contributed by atoms with Gasteiger partial charge in [-0.2, -0.15) is 5.10 Å². The van der Waals surface area contributed by atoms with Crippen molar-refractivity contribution < 1.29 is 14.6 Å². The van der Waals surface area contributed by atoms with Crippen LogP contribution < -0.4 is 0 Å². The monoisotopic (exact) mass is 336 g/mol. The Bertz CT molecular complexity index is 613. The number of hydrogen-bond acceptors (Lipinski definition) is 5. The summed E-state index contributed by atoms with van der Waals surface area (Å²) >= 11 is 0. The third kappa shape index (κ3) is 3.08. The lowest BCUT2D eigenvalue weighted by molar-refractivity contribution is -0.00728. The number of piperazine rings is 1. The maximum absolute atomic E-state index is 13.0. The summed E-state index contributed by atoms with van der Waals surface area (Å²) in [5, 5.41) is 16.5. The Balaban J connectivity index is 1.79. The highest BCUT2D eigenvalue weighted by atomic mass is 16.5. The molecule has 0 bridgehead atoms. The standard InChI is InChI=1S/C17H28N4O3/c1-11-9-13-14(12(2)24-11)18-19-15(13)16(23)20-5-6-21(7-8-22)17(3,4)10-20/h11-12,22H,5-10H2,1-4H3,(H,18,19)/t11-,12+/m1/s1. The van der Waals surface area contributed by atoms with Gasteiger partial charge in [0.15, 0.2) is 5.69 Å². The average molecular weight is 336 g/mol. The van der Waals surface area contributed by atoms with Crippen LogP contribution in [-0.4, -0.2) is 75.4 Å². The molecule has 2 N–H and O–H groups in total. The van der Waals surface area contributed by atoms with Gasteiger partial charge in [-0.05, 0) is 27.7 Å². The molecular weight excluding hydrogens is 308 g/mol. The first-order valence-electron chi connectivity index (χ1n) is 8.71. The Morgan fingerprint density at radius 2 is 2.17 bits per heavy atom. The molecule has 134 valence electrons. The zero-order valence-electron chi connectivity index (χ0n) is 15.0. The molecule has 0 aliphatic carbocycles. The van der Waals surface area contributed by atoms with Crippen LogP contribution in [0.5, 0.6) is 0 Å². The normalized spacial score (nSPS) is 27.1. The quantitative estimate of drug-likeness (QED) is 0.859. The number of aromatic amines is 1. The number of fused-ring (bicyclic) bond motifs is 1. The van der Waals surface area contributed by atoms with E-state index >= 15 is 0 Å². The van der Waals surface area contributed by atoms with E-state index in [9.17, 15) is 9.90 Å². The van der Waals surface area contributed by atoms with Crippen LogP contribution in [0.3, 0.4) is 0 Å². The molecule has 0 unspecified atom stereocenters. The van der Waals surface area contributed by atoms with E-state index in [4.69, 9.17) is 4.74 Å². The van der Waals surface area contributed by atoms with E-state index in [1.807, 2.05) is 18.7 Å². The minimum Gasteiger partial charge on any atom is -0.395 e. The average Bonchev–Trinajstić information content (AvgIpc) is 2.92. The predicted octanol–water partition coefficient (Wildman–Crippen LogP) is 0.961. The Morgan fingerprint density at radius 1 is 1.42 bits per heavy atom. The van der Waals surface area contributed by atoms with Gasteiger partial charge in [0, 0.05) is 43.7 Å². The highest BCUT2D eigenvalue weighted by molar-refractivity contribution is 5.94. The first-order chi connectivity index (χ1) is 11.3. The zero-order valence-corrected chi connectivity index (χ0v) is 15.0. The number of aliphatic hydroxyl groups is 1. The maximum Gasteiger partial charge on any atom is 0.274 e. The van der Waals surface area contributed by atoms with Crippen LogP contribution in [-0.2, 0) is 11.2 Å². The van der Waals surface area contributed by atoms with Gasteiger partial charge >= 0.3 is 0 Å². The van der Waals surface area contributed by atoms with Crippen LogP contribution in [0.2, 0.25) is 0 Å². The number of carbonyl (C=O) groups excluding carboxylic acids is 1. The fourth-order valence-electron chi connectivity index (χ4n) is 3.90. The summed E-state index contributed by atoms with van der Waals surface area (Å²) in [7, 11) is 0. The number of rotatable bonds is 3. The van der Waals surface area contributed by atoms with E-state index in [2.05, 4.69) is 28.9 Å². The molecule has 3 rings (SSSR count). The summed E-state index contributed by atoms with van der Waals surface area (Å²) in [5.74, 6) is -0.00877. The molecule has 0 spiro atoms. The number of nitrogens with one attached hydrogen (secondary N) is 1. The Kier molecular flexibility index (Phi) is 4.68. The van der Waals surface area contributed by atoms with Gasteiger partial charge in [0.05, 0.1) is 24.5 Å². The van der Waals surface area contributed by atoms with E-state index in [1.165, 1.54) is 0 Å². The first kappa shape index (κ1) is 17.4. The van der Waals surface area contributed by atoms with Crippen LogP contribution >= 0.6 is 0 Å². The minimum atomic E-state index is -0.156. The molecule has 0 saturated carbocycles. The van der Waals surface area contributed by atoms with Crippen molar-refractivity contribution in [1.82, 2.24) is 20.0 Å². The molecule has 1 fully saturated rings. The van der Waals surface area contributed by atoms with Crippen molar-refractivity contribution in [2.45, 2.75) is 51.9 Å². The molecule has 2 aliphatic heterocycles. The third-order valence-electron chi connectivity index (χ3n) is 5.17. The fourth-order valence-corrected chi connectivity index (χ4v) is 3.90. The molecule has 7 nitrogen and oxygen atoms in total. The van der Waals surface area contributed by atoms with Gasteiger partial charge in [-0.15, -0.1) is 0 Å². The molecular formula is C17H28N4O3. The van der Waals surface area contributed by atoms with E-state index in [-0.39, 0.29) is 30.3 Å². The molecule has 0 radical (unpaired) electrons. The van der Waals surface area contributed by atoms with Crippen molar-refractivity contribution >= 4 is 5.91 Å². The molecule has 7 heteroatoms. The van der Waals surface area contributed by atoms with Gasteiger partial charge in [0.1, 0.15) is 0 Å². The van der Waals surface area contributed by atoms with Crippen molar-refractivity contribution in [2.75, 3.05) is 32.8 Å². The van der Waals surface area contributed by atoms with E-state index < -0.39 is 0 Å². The lowest BCUT2D eigenvalue weighted by atomic mass is 9.96. The van der Waals surface area contributed by atoms with Gasteiger partial charge in [0.2, 0.25) is 0 Å². The van der Waals surface area contributed by atoms with Crippen LogP contribution in [0.1, 0.15) is 55.5 Å². The van der Waals surface area contributed by atoms with Crippen molar-refractivity contribution in [1.29, 1.82) is 0 Å². The lowest BCUT2D eigenvalue weighted by Gasteiger charge is -2.46. The Morgan fingerprint density at radius 3 is 2.83 bits per heavy atom. The molecule has 1 saturated heterocycles. The zero-order chi connectivity index (χ0) is 17.5. The molecule has 0 aromatic carbocycles. The smallest absolute Gasteiger partial charge is 0.274 e. The molecule has 3 heterocycles. The van der Waals surface area contributed by atoms with E-state index in [0.717, 1.165) is 17.8 Å². The van der Waals surface area contributed by atoms with Gasteiger partial charge in [-0.3, -0.25) is 14.8 Å². The Hall–Kier alpha value is -1.44. The summed E-state index contributed by atoms with van der Waals surface area (Å²) in [6.07, 6.45) is 0.746. The van der Waals surface area contributed by atoms with Gasteiger partial charge < -0.3 is 14.7 Å². The van der Waals surface area contributed by atoms with Crippen LogP contribution in [0.25, 0.3) is 0 Å². The van der Waals surface area contributed by atoms with E-state index in [0.29, 0.717) is 31.7 Å². The summed E-state index contributed by atoms with van der Waals surface area (Å²) < 4.78 is 5.80. The molecule has 2 atom stereocenters. The summed E-state index contributed by atoms with van der Waals surface area (Å²) in [6, 6.07) is 0. The summed E-state index contributed by atoms with van der Waals surface area (Å²) in [5.41, 5.74) is 2.31. The van der Waals surface area contributed by atoms with Crippen LogP contribution in [0.4, 0.5) is 0 Å². The van der Waals surface area contributed by atoms with E-state index in [1.54, 1.807) is 0 Å². The van der Waals surface area contributed by atoms with Crippen molar-refractivity contribution in [2.24, 2.45) is 0 Å². The van der Waals surface area contributed by atoms with Gasteiger partial charge in [-0.25, -0.2) is 0 Å². The van der Waals surface area contributed by atoms with Crippen molar-refractivity contribution in [3.05, 3.63) is 17.0 Å². The topological polar surface area (TPSA) is 81.7 Å². The minimum absolute atomic E-state index is 0.00877. The second kappa shape index (κ2) is 6.46. The first-order valence-corrected chi connectivity index (χ1v) is 8.71.